The van der Waals surface area contributed by atoms with Gasteiger partial charge >= 0.3 is 0 Å². The number of anilines is 2. The molecule has 2 aromatic rings. The summed E-state index contributed by atoms with van der Waals surface area (Å²) in [5, 5.41) is 15.6. The van der Waals surface area contributed by atoms with E-state index in [0.29, 0.717) is 16.4 Å². The van der Waals surface area contributed by atoms with Gasteiger partial charge in [0, 0.05) is 11.9 Å². The average molecular weight is 395 g/mol. The van der Waals surface area contributed by atoms with E-state index >= 15 is 0 Å². The van der Waals surface area contributed by atoms with Crippen LogP contribution in [0.4, 0.5) is 11.4 Å². The van der Waals surface area contributed by atoms with Crippen molar-refractivity contribution in [2.75, 3.05) is 11.1 Å². The Morgan fingerprint density at radius 3 is 2.68 bits per heavy atom. The van der Waals surface area contributed by atoms with E-state index in [-0.39, 0.29) is 11.6 Å². The number of halogens is 1. The minimum Gasteiger partial charge on any atom is -0.399 e. The largest absolute Gasteiger partial charge is 0.399 e. The standard InChI is InChI=1S/C22H23ClN4O/c1-14(16-7-6-15-4-2-3-5-17(15)10-16)27-22(28)18(12-24)13-26-21-9-8-19(25)11-20(21)23/h6-11,13-14,26H,2-5,25H2,1H3,(H,27,28)/b18-13-. The van der Waals surface area contributed by atoms with Crippen molar-refractivity contribution in [1.82, 2.24) is 5.32 Å². The van der Waals surface area contributed by atoms with Gasteiger partial charge in [0.15, 0.2) is 0 Å². The van der Waals surface area contributed by atoms with Crippen LogP contribution >= 0.6 is 11.6 Å². The maximum Gasteiger partial charge on any atom is 0.263 e. The van der Waals surface area contributed by atoms with E-state index in [4.69, 9.17) is 17.3 Å². The molecule has 0 fully saturated rings. The molecular formula is C22H23ClN4O. The molecule has 0 bridgehead atoms. The van der Waals surface area contributed by atoms with Crippen LogP contribution in [0.2, 0.25) is 5.02 Å². The summed E-state index contributed by atoms with van der Waals surface area (Å²) >= 11 is 6.10. The summed E-state index contributed by atoms with van der Waals surface area (Å²) in [6.45, 7) is 1.92. The first kappa shape index (κ1) is 19.8. The lowest BCUT2D eigenvalue weighted by atomic mass is 9.89. The number of nitrogens with one attached hydrogen (secondary N) is 2. The number of amides is 1. The summed E-state index contributed by atoms with van der Waals surface area (Å²) in [6, 6.07) is 13.1. The molecular weight excluding hydrogens is 372 g/mol. The van der Waals surface area contributed by atoms with Gasteiger partial charge in [0.25, 0.3) is 5.91 Å². The van der Waals surface area contributed by atoms with Crippen LogP contribution in [0.25, 0.3) is 0 Å². The SMILES string of the molecule is CC(NC(=O)/C(C#N)=C\Nc1ccc(N)cc1Cl)c1ccc2c(c1)CCCC2. The van der Waals surface area contributed by atoms with E-state index < -0.39 is 5.91 Å². The monoisotopic (exact) mass is 394 g/mol. The molecule has 5 nitrogen and oxygen atoms in total. The van der Waals surface area contributed by atoms with E-state index in [9.17, 15) is 10.1 Å². The Balaban J connectivity index is 1.68. The van der Waals surface area contributed by atoms with Crippen LogP contribution < -0.4 is 16.4 Å². The number of carbonyl (C=O) groups excluding carboxylic acids is 1. The molecule has 0 spiro atoms. The van der Waals surface area contributed by atoms with Crippen molar-refractivity contribution in [2.45, 2.75) is 38.6 Å². The van der Waals surface area contributed by atoms with Gasteiger partial charge in [-0.15, -0.1) is 0 Å². The van der Waals surface area contributed by atoms with Crippen LogP contribution in [-0.4, -0.2) is 5.91 Å². The first-order valence-electron chi connectivity index (χ1n) is 9.32. The van der Waals surface area contributed by atoms with Crippen molar-refractivity contribution >= 4 is 28.9 Å². The fourth-order valence-corrected chi connectivity index (χ4v) is 3.57. The first-order chi connectivity index (χ1) is 13.5. The summed E-state index contributed by atoms with van der Waals surface area (Å²) < 4.78 is 0. The number of nitriles is 1. The van der Waals surface area contributed by atoms with Crippen LogP contribution in [0, 0.1) is 11.3 Å². The smallest absolute Gasteiger partial charge is 0.263 e. The van der Waals surface area contributed by atoms with Crippen LogP contribution in [0.3, 0.4) is 0 Å². The summed E-state index contributed by atoms with van der Waals surface area (Å²) in [6.07, 6.45) is 6.00. The molecule has 0 saturated heterocycles. The molecule has 1 atom stereocenters. The Labute approximate surface area is 170 Å². The quantitative estimate of drug-likeness (QED) is 0.395. The van der Waals surface area contributed by atoms with Gasteiger partial charge in [0.1, 0.15) is 11.6 Å². The van der Waals surface area contributed by atoms with Gasteiger partial charge in [-0.1, -0.05) is 29.8 Å². The van der Waals surface area contributed by atoms with Crippen molar-refractivity contribution in [3.05, 3.63) is 69.9 Å². The number of nitrogens with zero attached hydrogens (tertiary/aromatic N) is 1. The maximum atomic E-state index is 12.5. The number of carbonyl (C=O) groups is 1. The van der Waals surface area contributed by atoms with Gasteiger partial charge in [-0.25, -0.2) is 0 Å². The Hall–Kier alpha value is -2.97. The molecule has 4 N–H and O–H groups in total. The van der Waals surface area contributed by atoms with Gasteiger partial charge in [-0.2, -0.15) is 5.26 Å². The third kappa shape index (κ3) is 4.65. The van der Waals surface area contributed by atoms with Crippen molar-refractivity contribution in [3.63, 3.8) is 0 Å². The molecule has 0 radical (unpaired) electrons. The first-order valence-corrected chi connectivity index (χ1v) is 9.70. The fraction of sp³-hybridized carbons (Fsp3) is 0.273. The van der Waals surface area contributed by atoms with E-state index in [1.165, 1.54) is 30.2 Å². The second kappa shape index (κ2) is 8.81. The topological polar surface area (TPSA) is 90.9 Å². The number of nitrogen functional groups attached to an aromatic ring is 1. The van der Waals surface area contributed by atoms with Crippen LogP contribution in [0.1, 0.15) is 42.5 Å². The van der Waals surface area contributed by atoms with Crippen molar-refractivity contribution < 1.29 is 4.79 Å². The molecule has 28 heavy (non-hydrogen) atoms. The van der Waals surface area contributed by atoms with Crippen molar-refractivity contribution in [3.8, 4) is 6.07 Å². The predicted octanol–water partition coefficient (Wildman–Crippen LogP) is 4.50. The normalized spacial score (nSPS) is 14.5. The molecule has 0 aromatic heterocycles. The Morgan fingerprint density at radius 1 is 1.21 bits per heavy atom. The number of fused-ring (bicyclic) bond motifs is 1. The lowest BCUT2D eigenvalue weighted by Gasteiger charge is -2.20. The number of rotatable bonds is 5. The minimum atomic E-state index is -0.438. The molecule has 6 heteroatoms. The number of hydrogen-bond acceptors (Lipinski definition) is 4. The van der Waals surface area contributed by atoms with Gasteiger partial charge < -0.3 is 16.4 Å². The van der Waals surface area contributed by atoms with E-state index in [1.54, 1.807) is 18.2 Å². The summed E-state index contributed by atoms with van der Waals surface area (Å²) in [7, 11) is 0. The zero-order chi connectivity index (χ0) is 20.1. The van der Waals surface area contributed by atoms with Crippen LogP contribution in [-0.2, 0) is 17.6 Å². The Kier molecular flexibility index (Phi) is 6.23. The molecule has 0 saturated carbocycles. The highest BCUT2D eigenvalue weighted by atomic mass is 35.5. The van der Waals surface area contributed by atoms with Gasteiger partial charge in [0.05, 0.1) is 16.8 Å². The number of benzene rings is 2. The van der Waals surface area contributed by atoms with Crippen LogP contribution in [0.15, 0.2) is 48.2 Å². The molecule has 144 valence electrons. The predicted molar refractivity (Wildman–Crippen MR) is 113 cm³/mol. The third-order valence-corrected chi connectivity index (χ3v) is 5.26. The highest BCUT2D eigenvalue weighted by Crippen LogP contribution is 2.26. The average Bonchev–Trinajstić information content (AvgIpc) is 2.69. The van der Waals surface area contributed by atoms with Gasteiger partial charge in [-0.05, 0) is 67.5 Å². The van der Waals surface area contributed by atoms with Crippen molar-refractivity contribution in [1.29, 1.82) is 5.26 Å². The molecule has 0 heterocycles. The summed E-state index contributed by atoms with van der Waals surface area (Å²) in [4.78, 5) is 12.5. The Bertz CT molecular complexity index is 961. The third-order valence-electron chi connectivity index (χ3n) is 4.95. The highest BCUT2D eigenvalue weighted by Gasteiger charge is 2.16. The summed E-state index contributed by atoms with van der Waals surface area (Å²) in [5.74, 6) is -0.438. The van der Waals surface area contributed by atoms with E-state index in [1.807, 2.05) is 13.0 Å². The zero-order valence-corrected chi connectivity index (χ0v) is 16.5. The lowest BCUT2D eigenvalue weighted by Crippen LogP contribution is -2.28. The molecule has 1 amide bonds. The lowest BCUT2D eigenvalue weighted by molar-refractivity contribution is -0.117. The van der Waals surface area contributed by atoms with E-state index in [0.717, 1.165) is 18.4 Å². The molecule has 2 aromatic carbocycles. The zero-order valence-electron chi connectivity index (χ0n) is 15.8. The fourth-order valence-electron chi connectivity index (χ4n) is 3.33. The molecule has 0 aliphatic heterocycles. The van der Waals surface area contributed by atoms with Crippen molar-refractivity contribution in [2.24, 2.45) is 0 Å². The number of aryl methyl sites for hydroxylation is 2. The highest BCUT2D eigenvalue weighted by molar-refractivity contribution is 6.33. The second-order valence-corrected chi connectivity index (χ2v) is 7.39. The maximum absolute atomic E-state index is 12.5. The second-order valence-electron chi connectivity index (χ2n) is 6.98. The molecule has 3 rings (SSSR count). The molecule has 1 aliphatic carbocycles. The molecule has 1 aliphatic rings. The van der Waals surface area contributed by atoms with Crippen LogP contribution in [0.5, 0.6) is 0 Å². The summed E-state index contributed by atoms with van der Waals surface area (Å²) in [5.41, 5.74) is 10.5. The minimum absolute atomic E-state index is 0.0299. The Morgan fingerprint density at radius 2 is 1.96 bits per heavy atom. The number of nitrogens with two attached hydrogens (primary N) is 1. The molecule has 1 unspecified atom stereocenters. The van der Waals surface area contributed by atoms with Gasteiger partial charge in [0.2, 0.25) is 0 Å². The van der Waals surface area contributed by atoms with Gasteiger partial charge in [-0.3, -0.25) is 4.79 Å². The number of hydrogen-bond donors (Lipinski definition) is 3. The van der Waals surface area contributed by atoms with E-state index in [2.05, 4.69) is 28.8 Å².